The maximum atomic E-state index is 13.8. The van der Waals surface area contributed by atoms with Gasteiger partial charge in [-0.2, -0.15) is 8.42 Å². The second kappa shape index (κ2) is 18.5. The summed E-state index contributed by atoms with van der Waals surface area (Å²) in [7, 11) is 2.01. The van der Waals surface area contributed by atoms with E-state index in [9.17, 15) is 27.6 Å². The Hall–Kier alpha value is -6.01. The van der Waals surface area contributed by atoms with Gasteiger partial charge >= 0.3 is 34.0 Å². The van der Waals surface area contributed by atoms with Crippen molar-refractivity contribution in [1.82, 2.24) is 0 Å². The summed E-state index contributed by atoms with van der Waals surface area (Å²) in [6.07, 6.45) is -5.78. The molecule has 0 spiro atoms. The molecule has 3 aromatic rings. The lowest BCUT2D eigenvalue weighted by atomic mass is 9.97. The van der Waals surface area contributed by atoms with E-state index in [2.05, 4.69) is 0 Å². The Labute approximate surface area is 323 Å². The van der Waals surface area contributed by atoms with Crippen LogP contribution in [0.3, 0.4) is 0 Å². The van der Waals surface area contributed by atoms with Gasteiger partial charge < -0.3 is 51.6 Å². The zero-order chi connectivity index (χ0) is 41.3. The van der Waals surface area contributed by atoms with E-state index >= 15 is 0 Å². The summed E-state index contributed by atoms with van der Waals surface area (Å²) in [5, 5.41) is 0. The molecule has 1 aliphatic heterocycles. The van der Waals surface area contributed by atoms with Crippen LogP contribution in [0.5, 0.6) is 34.5 Å². The van der Waals surface area contributed by atoms with Gasteiger partial charge in [0.2, 0.25) is 23.9 Å². The molecule has 0 aliphatic carbocycles. The molecule has 0 unspecified atom stereocenters. The predicted molar refractivity (Wildman–Crippen MR) is 195 cm³/mol. The quantitative estimate of drug-likeness (QED) is 0.0921. The van der Waals surface area contributed by atoms with Gasteiger partial charge in [-0.1, -0.05) is 29.8 Å². The molecule has 4 rings (SSSR count). The van der Waals surface area contributed by atoms with Crippen LogP contribution in [0.1, 0.15) is 37.5 Å². The van der Waals surface area contributed by atoms with E-state index in [0.29, 0.717) is 22.8 Å². The molecule has 1 heterocycles. The molecule has 0 amide bonds. The second-order valence-electron chi connectivity index (χ2n) is 11.9. The Morgan fingerprint density at radius 3 is 1.71 bits per heavy atom. The first kappa shape index (κ1) is 42.7. The molecule has 0 aromatic heterocycles. The predicted octanol–water partition coefficient (Wildman–Crippen LogP) is 4.04. The fourth-order valence-corrected chi connectivity index (χ4v) is 6.53. The number of methoxy groups -OCH3 is 5. The van der Waals surface area contributed by atoms with Crippen LogP contribution in [-0.2, 0) is 53.0 Å². The number of ether oxygens (including phenoxy) is 10. The molecule has 3 aromatic carbocycles. The molecule has 56 heavy (non-hydrogen) atoms. The maximum absolute atomic E-state index is 13.8. The van der Waals surface area contributed by atoms with Crippen molar-refractivity contribution in [2.45, 2.75) is 63.3 Å². The minimum Gasteiger partial charge on any atom is -0.493 e. The van der Waals surface area contributed by atoms with Gasteiger partial charge in [0.15, 0.2) is 41.3 Å². The molecule has 1 fully saturated rings. The highest BCUT2D eigenvalue weighted by atomic mass is 32.2. The van der Waals surface area contributed by atoms with Crippen LogP contribution in [0, 0.1) is 6.92 Å². The Bertz CT molecular complexity index is 2030. The van der Waals surface area contributed by atoms with Gasteiger partial charge in [-0.05, 0) is 48.9 Å². The number of rotatable bonds is 15. The van der Waals surface area contributed by atoms with Crippen molar-refractivity contribution in [2.75, 3.05) is 35.5 Å². The Balaban J connectivity index is 1.98. The van der Waals surface area contributed by atoms with E-state index in [-0.39, 0.29) is 22.0 Å². The van der Waals surface area contributed by atoms with Crippen LogP contribution in [-0.4, -0.2) is 98.5 Å². The monoisotopic (exact) mass is 802 g/mol. The Morgan fingerprint density at radius 2 is 1.20 bits per heavy atom. The van der Waals surface area contributed by atoms with E-state index in [1.54, 1.807) is 37.3 Å². The van der Waals surface area contributed by atoms with E-state index in [1.807, 2.05) is 0 Å². The fraction of sp³-hybridized carbons (Fsp3) is 0.368. The molecule has 1 saturated heterocycles. The van der Waals surface area contributed by atoms with Gasteiger partial charge in [0.1, 0.15) is 4.90 Å². The third-order valence-corrected chi connectivity index (χ3v) is 9.28. The zero-order valence-electron chi connectivity index (χ0n) is 32.0. The number of benzene rings is 3. The zero-order valence-corrected chi connectivity index (χ0v) is 32.8. The topological polar surface area (TPSA) is 204 Å². The fourth-order valence-electron chi connectivity index (χ4n) is 5.59. The number of carbonyl (C=O) groups is 4. The van der Waals surface area contributed by atoms with Crippen LogP contribution >= 0.6 is 0 Å². The van der Waals surface area contributed by atoms with Crippen LogP contribution in [0.25, 0.3) is 12.2 Å². The highest BCUT2D eigenvalue weighted by molar-refractivity contribution is 7.87. The summed E-state index contributed by atoms with van der Waals surface area (Å²) in [5.74, 6) is -3.85. The number of esters is 4. The number of aryl methyl sites for hydroxylation is 1. The van der Waals surface area contributed by atoms with E-state index in [4.69, 9.17) is 51.6 Å². The SMILES string of the molecule is COC(=O)[C@H]1O[C@@H](Oc2c(/C=C/c3cc(OC)c(OC)c(OC)c3)ccc(OC)c2OS(=O)(=O)c2ccc(C)cc2)[C@H](OC(C)=O)[C@@H](OC(C)=O)[C@@H]1OC(C)=O. The highest BCUT2D eigenvalue weighted by Gasteiger charge is 2.56. The summed E-state index contributed by atoms with van der Waals surface area (Å²) < 4.78 is 88.7. The third kappa shape index (κ3) is 9.99. The first-order chi connectivity index (χ1) is 26.6. The molecule has 0 radical (unpaired) electrons. The van der Waals surface area contributed by atoms with Crippen LogP contribution < -0.4 is 27.9 Å². The van der Waals surface area contributed by atoms with Gasteiger partial charge in [0.25, 0.3) is 0 Å². The molecule has 0 saturated carbocycles. The summed E-state index contributed by atoms with van der Waals surface area (Å²) in [5.41, 5.74) is 1.43. The lowest BCUT2D eigenvalue weighted by Crippen LogP contribution is -2.64. The van der Waals surface area contributed by atoms with Crippen molar-refractivity contribution in [3.8, 4) is 34.5 Å². The summed E-state index contributed by atoms with van der Waals surface area (Å²) in [6.45, 7) is 4.87. The largest absolute Gasteiger partial charge is 0.493 e. The van der Waals surface area contributed by atoms with E-state index in [1.165, 1.54) is 58.8 Å². The standard InChI is InChI=1S/C38H42O17S/c1-20-10-15-26(16-11-20)56(43,44)55-32-27(45-5)17-14-25(13-12-24-18-28(46-6)31(48-8)29(19-24)47-7)30(32)53-38-36(52-23(4)41)34(51-22(3)40)33(50-21(2)39)35(54-38)37(42)49-9/h10-19,33-36,38H,1-9H3/b13-12+/t33-,34-,35-,36+,38+/m0/s1. The van der Waals surface area contributed by atoms with E-state index < -0.39 is 70.5 Å². The summed E-state index contributed by atoms with van der Waals surface area (Å²) >= 11 is 0. The van der Waals surface area contributed by atoms with Crippen molar-refractivity contribution in [3.05, 3.63) is 65.2 Å². The van der Waals surface area contributed by atoms with Gasteiger partial charge in [0.05, 0.1) is 35.5 Å². The molecule has 1 aliphatic rings. The van der Waals surface area contributed by atoms with Crippen LogP contribution in [0.2, 0.25) is 0 Å². The third-order valence-electron chi connectivity index (χ3n) is 8.04. The first-order valence-corrected chi connectivity index (χ1v) is 18.1. The van der Waals surface area contributed by atoms with Gasteiger partial charge in [-0.3, -0.25) is 14.4 Å². The minimum atomic E-state index is -4.60. The Kier molecular flexibility index (Phi) is 14.2. The second-order valence-corrected chi connectivity index (χ2v) is 13.5. The van der Waals surface area contributed by atoms with Crippen molar-refractivity contribution in [3.63, 3.8) is 0 Å². The lowest BCUT2D eigenvalue weighted by molar-refractivity contribution is -0.282. The van der Waals surface area contributed by atoms with Gasteiger partial charge in [-0.25, -0.2) is 4.79 Å². The van der Waals surface area contributed by atoms with E-state index in [0.717, 1.165) is 33.4 Å². The Morgan fingerprint density at radius 1 is 0.643 bits per heavy atom. The average molecular weight is 803 g/mol. The lowest BCUT2D eigenvalue weighted by Gasteiger charge is -2.43. The van der Waals surface area contributed by atoms with Crippen molar-refractivity contribution in [1.29, 1.82) is 0 Å². The van der Waals surface area contributed by atoms with Gasteiger partial charge in [0, 0.05) is 26.3 Å². The average Bonchev–Trinajstić information content (AvgIpc) is 3.15. The molecular formula is C38H42O17S. The maximum Gasteiger partial charge on any atom is 0.339 e. The number of hydrogen-bond acceptors (Lipinski definition) is 17. The van der Waals surface area contributed by atoms with Crippen molar-refractivity contribution >= 4 is 46.1 Å². The molecule has 0 N–H and O–H groups in total. The summed E-state index contributed by atoms with van der Waals surface area (Å²) in [4.78, 5) is 50.0. The van der Waals surface area contributed by atoms with Crippen molar-refractivity contribution in [2.24, 2.45) is 0 Å². The number of hydrogen-bond donors (Lipinski definition) is 0. The highest BCUT2D eigenvalue weighted by Crippen LogP contribution is 2.45. The molecule has 0 bridgehead atoms. The molecule has 302 valence electrons. The molecular weight excluding hydrogens is 760 g/mol. The van der Waals surface area contributed by atoms with Crippen LogP contribution in [0.15, 0.2) is 53.4 Å². The van der Waals surface area contributed by atoms with Gasteiger partial charge in [-0.15, -0.1) is 0 Å². The normalized spacial score (nSPS) is 19.3. The number of carbonyl (C=O) groups excluding carboxylic acids is 4. The molecule has 5 atom stereocenters. The smallest absolute Gasteiger partial charge is 0.339 e. The minimum absolute atomic E-state index is 0.125. The summed E-state index contributed by atoms with van der Waals surface area (Å²) in [6, 6.07) is 12.0. The van der Waals surface area contributed by atoms with Crippen LogP contribution in [0.4, 0.5) is 0 Å². The molecule has 18 heteroatoms. The molecule has 17 nitrogen and oxygen atoms in total. The first-order valence-electron chi connectivity index (χ1n) is 16.7. The van der Waals surface area contributed by atoms with Crippen molar-refractivity contribution < 1.29 is 79.1 Å².